The average Bonchev–Trinajstić information content (AvgIpc) is 3.35. The smallest absolute Gasteiger partial charge is 0.257 e. The summed E-state index contributed by atoms with van der Waals surface area (Å²) in [7, 11) is 0. The number of fused-ring (bicyclic) bond motifs is 5. The van der Waals surface area contributed by atoms with Crippen LogP contribution in [-0.2, 0) is 9.59 Å². The third-order valence-electron chi connectivity index (χ3n) is 6.72. The first-order chi connectivity index (χ1) is 14.4. The molecule has 152 valence electrons. The van der Waals surface area contributed by atoms with Crippen molar-refractivity contribution >= 4 is 40.7 Å². The zero-order valence-corrected chi connectivity index (χ0v) is 17.4. The Morgan fingerprint density at radius 1 is 1.07 bits per heavy atom. The number of carbonyl (C=O) groups excluding carboxylic acids is 3. The molecule has 2 bridgehead atoms. The lowest BCUT2D eigenvalue weighted by Crippen LogP contribution is -2.34. The number of hydrogen-bond acceptors (Lipinski definition) is 3. The standard InChI is InChI=1S/C24H21ClN2O3/c1-12-7-8-15(25)11-18(12)26-22(28)16-5-3-4-6-19(16)27-23(29)20-14-9-13(2)17(10-14)21(20)24(27)30/h3-9,11,14,17,20-21H,10H2,1-2H3,(H,26,28)/t14-,17+,20-,21+/m1/s1. The molecule has 5 nitrogen and oxygen atoms in total. The third-order valence-corrected chi connectivity index (χ3v) is 6.95. The molecular formula is C24H21ClN2O3. The van der Waals surface area contributed by atoms with E-state index in [9.17, 15) is 14.4 Å². The summed E-state index contributed by atoms with van der Waals surface area (Å²) in [6.45, 7) is 3.91. The predicted octanol–water partition coefficient (Wildman–Crippen LogP) is 4.60. The van der Waals surface area contributed by atoms with Gasteiger partial charge in [0.05, 0.1) is 23.1 Å². The summed E-state index contributed by atoms with van der Waals surface area (Å²) in [4.78, 5) is 40.9. The molecule has 30 heavy (non-hydrogen) atoms. The van der Waals surface area contributed by atoms with Gasteiger partial charge in [-0.15, -0.1) is 0 Å². The van der Waals surface area contributed by atoms with Crippen molar-refractivity contribution in [2.24, 2.45) is 23.7 Å². The summed E-state index contributed by atoms with van der Waals surface area (Å²) in [5, 5.41) is 3.38. The van der Waals surface area contributed by atoms with Gasteiger partial charge in [0.15, 0.2) is 0 Å². The van der Waals surface area contributed by atoms with Crippen molar-refractivity contribution in [1.82, 2.24) is 0 Å². The predicted molar refractivity (Wildman–Crippen MR) is 115 cm³/mol. The van der Waals surface area contributed by atoms with E-state index in [-0.39, 0.29) is 47.0 Å². The van der Waals surface area contributed by atoms with Crippen LogP contribution in [0.3, 0.4) is 0 Å². The maximum Gasteiger partial charge on any atom is 0.257 e. The largest absolute Gasteiger partial charge is 0.322 e. The fourth-order valence-electron chi connectivity index (χ4n) is 5.29. The van der Waals surface area contributed by atoms with E-state index >= 15 is 0 Å². The molecule has 2 aliphatic carbocycles. The zero-order chi connectivity index (χ0) is 21.2. The van der Waals surface area contributed by atoms with Crippen molar-refractivity contribution in [2.75, 3.05) is 10.2 Å². The summed E-state index contributed by atoms with van der Waals surface area (Å²) in [6, 6.07) is 12.0. The van der Waals surface area contributed by atoms with Crippen LogP contribution in [0.4, 0.5) is 11.4 Å². The van der Waals surface area contributed by atoms with Crippen LogP contribution in [0, 0.1) is 30.6 Å². The van der Waals surface area contributed by atoms with Crippen molar-refractivity contribution in [1.29, 1.82) is 0 Å². The maximum absolute atomic E-state index is 13.3. The molecule has 2 aromatic carbocycles. The molecule has 3 amide bonds. The minimum Gasteiger partial charge on any atom is -0.322 e. The van der Waals surface area contributed by atoms with Crippen molar-refractivity contribution in [2.45, 2.75) is 20.3 Å². The Labute approximate surface area is 179 Å². The van der Waals surface area contributed by atoms with E-state index in [2.05, 4.69) is 11.4 Å². The molecule has 4 atom stereocenters. The van der Waals surface area contributed by atoms with Crippen LogP contribution < -0.4 is 10.2 Å². The summed E-state index contributed by atoms with van der Waals surface area (Å²) in [5.74, 6) is -1.13. The molecule has 3 aliphatic rings. The molecule has 6 heteroatoms. The number of imide groups is 1. The van der Waals surface area contributed by atoms with Gasteiger partial charge in [-0.2, -0.15) is 0 Å². The summed E-state index contributed by atoms with van der Waals surface area (Å²) < 4.78 is 0. The highest BCUT2D eigenvalue weighted by Gasteiger charge is 2.61. The first kappa shape index (κ1) is 19.1. The van der Waals surface area contributed by atoms with Gasteiger partial charge in [0, 0.05) is 10.7 Å². The van der Waals surface area contributed by atoms with E-state index in [0.29, 0.717) is 16.4 Å². The van der Waals surface area contributed by atoms with Gasteiger partial charge < -0.3 is 5.32 Å². The maximum atomic E-state index is 13.3. The van der Waals surface area contributed by atoms with Gasteiger partial charge in [0.2, 0.25) is 11.8 Å². The number of para-hydroxylation sites is 1. The number of rotatable bonds is 3. The molecule has 0 spiro atoms. The third kappa shape index (κ3) is 2.72. The van der Waals surface area contributed by atoms with Crippen molar-refractivity contribution in [3.8, 4) is 0 Å². The second-order valence-corrected chi connectivity index (χ2v) is 8.85. The molecule has 0 unspecified atom stereocenters. The van der Waals surface area contributed by atoms with Gasteiger partial charge >= 0.3 is 0 Å². The number of amides is 3. The Balaban J connectivity index is 1.49. The lowest BCUT2D eigenvalue weighted by Gasteiger charge is -2.21. The fourth-order valence-corrected chi connectivity index (χ4v) is 5.46. The van der Waals surface area contributed by atoms with Crippen LogP contribution >= 0.6 is 11.6 Å². The minimum absolute atomic E-state index is 0.122. The monoisotopic (exact) mass is 420 g/mol. The van der Waals surface area contributed by atoms with Crippen molar-refractivity contribution < 1.29 is 14.4 Å². The lowest BCUT2D eigenvalue weighted by atomic mass is 9.82. The first-order valence-electron chi connectivity index (χ1n) is 10.1. The molecule has 5 rings (SSSR count). The van der Waals surface area contributed by atoms with Crippen LogP contribution in [0.25, 0.3) is 0 Å². The summed E-state index contributed by atoms with van der Waals surface area (Å²) in [6.07, 6.45) is 3.02. The van der Waals surface area contributed by atoms with Crippen molar-refractivity contribution in [3.05, 3.63) is 70.3 Å². The highest BCUT2D eigenvalue weighted by atomic mass is 35.5. The Bertz CT molecular complexity index is 1140. The van der Waals surface area contributed by atoms with Crippen LogP contribution in [-0.4, -0.2) is 17.7 Å². The molecule has 1 N–H and O–H groups in total. The Morgan fingerprint density at radius 3 is 2.60 bits per heavy atom. The highest BCUT2D eigenvalue weighted by Crippen LogP contribution is 2.56. The fraction of sp³-hybridized carbons (Fsp3) is 0.292. The molecule has 1 heterocycles. The number of halogens is 1. The van der Waals surface area contributed by atoms with E-state index in [4.69, 9.17) is 11.6 Å². The van der Waals surface area contributed by atoms with E-state index in [0.717, 1.165) is 12.0 Å². The topological polar surface area (TPSA) is 66.5 Å². The quantitative estimate of drug-likeness (QED) is 0.582. The van der Waals surface area contributed by atoms with Crippen LogP contribution in [0.2, 0.25) is 5.02 Å². The Hall–Kier alpha value is -2.92. The second-order valence-electron chi connectivity index (χ2n) is 8.41. The number of nitrogens with one attached hydrogen (secondary N) is 1. The van der Waals surface area contributed by atoms with Gasteiger partial charge in [0.1, 0.15) is 0 Å². The van der Waals surface area contributed by atoms with Gasteiger partial charge in [-0.05, 0) is 61.9 Å². The molecule has 1 saturated carbocycles. The minimum atomic E-state index is -0.383. The van der Waals surface area contributed by atoms with E-state index < -0.39 is 0 Å². The SMILES string of the molecule is CC1=C[C@@H]2C[C@@H]1[C@@H]1C(=O)N(c3ccccc3C(=O)Nc3cc(Cl)ccc3C)C(=O)[C@@H]12. The van der Waals surface area contributed by atoms with Gasteiger partial charge in [-0.3, -0.25) is 14.4 Å². The number of aryl methyl sites for hydroxylation is 1. The number of allylic oxidation sites excluding steroid dienone is 2. The summed E-state index contributed by atoms with van der Waals surface area (Å²) >= 11 is 6.07. The van der Waals surface area contributed by atoms with Gasteiger partial charge in [-0.1, -0.05) is 41.4 Å². The Kier molecular flexibility index (Phi) is 4.33. The molecule has 2 fully saturated rings. The first-order valence-corrected chi connectivity index (χ1v) is 10.5. The summed E-state index contributed by atoms with van der Waals surface area (Å²) in [5.41, 5.74) is 3.29. The molecule has 0 radical (unpaired) electrons. The number of anilines is 2. The highest BCUT2D eigenvalue weighted by molar-refractivity contribution is 6.31. The number of nitrogens with zero attached hydrogens (tertiary/aromatic N) is 1. The molecule has 0 aromatic heterocycles. The number of hydrogen-bond donors (Lipinski definition) is 1. The van der Waals surface area contributed by atoms with Crippen molar-refractivity contribution in [3.63, 3.8) is 0 Å². The normalized spacial score (nSPS) is 26.8. The molecule has 2 aromatic rings. The number of carbonyl (C=O) groups is 3. The molecule has 1 saturated heterocycles. The van der Waals surface area contributed by atoms with Gasteiger partial charge in [0.25, 0.3) is 5.91 Å². The van der Waals surface area contributed by atoms with Gasteiger partial charge in [-0.25, -0.2) is 4.90 Å². The lowest BCUT2D eigenvalue weighted by molar-refractivity contribution is -0.123. The van der Waals surface area contributed by atoms with Crippen LogP contribution in [0.15, 0.2) is 54.1 Å². The van der Waals surface area contributed by atoms with E-state index in [1.807, 2.05) is 19.9 Å². The van der Waals surface area contributed by atoms with Crippen LogP contribution in [0.5, 0.6) is 0 Å². The second kappa shape index (κ2) is 6.81. The van der Waals surface area contributed by atoms with E-state index in [1.54, 1.807) is 36.4 Å². The van der Waals surface area contributed by atoms with Crippen LogP contribution in [0.1, 0.15) is 29.3 Å². The number of benzene rings is 2. The zero-order valence-electron chi connectivity index (χ0n) is 16.7. The molecule has 1 aliphatic heterocycles. The Morgan fingerprint density at radius 2 is 1.80 bits per heavy atom. The molecular weight excluding hydrogens is 400 g/mol. The van der Waals surface area contributed by atoms with E-state index in [1.165, 1.54) is 10.5 Å². The average molecular weight is 421 g/mol.